The number of hydrogen-bond donors (Lipinski definition) is 2. The number of amides is 1. The molecule has 0 aliphatic carbocycles. The zero-order valence-corrected chi connectivity index (χ0v) is 18.0. The summed E-state index contributed by atoms with van der Waals surface area (Å²) in [6.07, 6.45) is 4.03. The number of rotatable bonds is 4. The molecule has 3 aromatic rings. The monoisotopic (exact) mass is 434 g/mol. The average molecular weight is 435 g/mol. The van der Waals surface area contributed by atoms with Gasteiger partial charge < -0.3 is 16.0 Å². The van der Waals surface area contributed by atoms with Crippen LogP contribution < -0.4 is 11.1 Å². The fourth-order valence-electron chi connectivity index (χ4n) is 4.38. The van der Waals surface area contributed by atoms with E-state index in [1.165, 1.54) is 0 Å². The molecule has 2 aromatic heterocycles. The predicted octanol–water partition coefficient (Wildman–Crippen LogP) is 3.05. The Kier molecular flexibility index (Phi) is 4.87. The van der Waals surface area contributed by atoms with E-state index in [0.717, 1.165) is 60.7 Å². The standard InChI is InChI=1S/C23H23ClN6O/c1-2-18-20(15-4-6-19(25)27-8-15)21(29-13-28-18)14-3-5-16(17(24)7-14)22(31)30-11-23(12-30)9-26-10-23/h3-8,13,26H,2,9-12H2,1H3,(H2,25,27). The van der Waals surface area contributed by atoms with Crippen LogP contribution in [0.5, 0.6) is 0 Å². The molecule has 7 nitrogen and oxygen atoms in total. The first kappa shape index (κ1) is 19.9. The van der Waals surface area contributed by atoms with Crippen LogP contribution in [-0.4, -0.2) is 51.9 Å². The molecule has 2 saturated heterocycles. The fourth-order valence-corrected chi connectivity index (χ4v) is 4.64. The van der Waals surface area contributed by atoms with Gasteiger partial charge in [-0.1, -0.05) is 24.6 Å². The molecule has 0 saturated carbocycles. The number of nitrogens with two attached hydrogens (primary N) is 1. The minimum atomic E-state index is -0.0195. The first-order valence-corrected chi connectivity index (χ1v) is 10.7. The minimum absolute atomic E-state index is 0.0195. The van der Waals surface area contributed by atoms with E-state index in [1.807, 2.05) is 30.0 Å². The first-order chi connectivity index (χ1) is 15.0. The van der Waals surface area contributed by atoms with Crippen molar-refractivity contribution in [3.8, 4) is 22.4 Å². The molecule has 1 amide bonds. The molecular formula is C23H23ClN6O. The highest BCUT2D eigenvalue weighted by atomic mass is 35.5. The van der Waals surface area contributed by atoms with Gasteiger partial charge in [-0.05, 0) is 30.7 Å². The molecule has 0 atom stereocenters. The van der Waals surface area contributed by atoms with Gasteiger partial charge in [-0.25, -0.2) is 15.0 Å². The number of nitrogen functional groups attached to an aromatic ring is 1. The number of carbonyl (C=O) groups excluding carboxylic acids is 1. The molecule has 2 aliphatic rings. The van der Waals surface area contributed by atoms with Gasteiger partial charge in [0.05, 0.1) is 22.0 Å². The van der Waals surface area contributed by atoms with E-state index < -0.39 is 0 Å². The summed E-state index contributed by atoms with van der Waals surface area (Å²) < 4.78 is 0. The van der Waals surface area contributed by atoms with E-state index in [0.29, 0.717) is 16.4 Å². The summed E-state index contributed by atoms with van der Waals surface area (Å²) in [5, 5.41) is 3.71. The average Bonchev–Trinajstić information content (AvgIpc) is 2.71. The second-order valence-corrected chi connectivity index (χ2v) is 8.74. The van der Waals surface area contributed by atoms with Crippen molar-refractivity contribution in [3.05, 3.63) is 59.1 Å². The molecule has 2 fully saturated rings. The zero-order valence-electron chi connectivity index (χ0n) is 17.2. The summed E-state index contributed by atoms with van der Waals surface area (Å²) in [5.74, 6) is 0.436. The maximum Gasteiger partial charge on any atom is 0.255 e. The lowest BCUT2D eigenvalue weighted by molar-refractivity contribution is -0.0248. The van der Waals surface area contributed by atoms with Crippen molar-refractivity contribution in [1.82, 2.24) is 25.2 Å². The van der Waals surface area contributed by atoms with Crippen LogP contribution in [0.4, 0.5) is 5.82 Å². The lowest BCUT2D eigenvalue weighted by Crippen LogP contribution is -2.71. The SMILES string of the molecule is CCc1ncnc(-c2ccc(C(=O)N3CC4(CNC4)C3)c(Cl)c2)c1-c1ccc(N)nc1. The van der Waals surface area contributed by atoms with Crippen LogP contribution in [0.2, 0.25) is 5.02 Å². The van der Waals surface area contributed by atoms with E-state index in [-0.39, 0.29) is 11.3 Å². The van der Waals surface area contributed by atoms with Crippen LogP contribution in [0.3, 0.4) is 0 Å². The van der Waals surface area contributed by atoms with Gasteiger partial charge in [-0.15, -0.1) is 0 Å². The van der Waals surface area contributed by atoms with Crippen LogP contribution in [0.1, 0.15) is 23.0 Å². The summed E-state index contributed by atoms with van der Waals surface area (Å²) in [7, 11) is 0. The molecule has 8 heteroatoms. The van der Waals surface area contributed by atoms with Crippen LogP contribution in [0.25, 0.3) is 22.4 Å². The summed E-state index contributed by atoms with van der Waals surface area (Å²) >= 11 is 6.58. The number of benzene rings is 1. The number of nitrogens with one attached hydrogen (secondary N) is 1. The quantitative estimate of drug-likeness (QED) is 0.655. The third kappa shape index (κ3) is 3.43. The maximum absolute atomic E-state index is 12.9. The van der Waals surface area contributed by atoms with Gasteiger partial charge in [0.1, 0.15) is 12.1 Å². The van der Waals surface area contributed by atoms with Crippen LogP contribution in [0, 0.1) is 5.41 Å². The molecule has 158 valence electrons. The Morgan fingerprint density at radius 1 is 1.16 bits per heavy atom. The molecular weight excluding hydrogens is 412 g/mol. The third-order valence-corrected chi connectivity index (χ3v) is 6.46. The van der Waals surface area contributed by atoms with Gasteiger partial charge in [-0.2, -0.15) is 0 Å². The normalized spacial score (nSPS) is 16.6. The Hall–Kier alpha value is -3.03. The van der Waals surface area contributed by atoms with Crippen molar-refractivity contribution < 1.29 is 4.79 Å². The fraction of sp³-hybridized carbons (Fsp3) is 0.304. The molecule has 5 rings (SSSR count). The van der Waals surface area contributed by atoms with Gasteiger partial charge in [-0.3, -0.25) is 4.79 Å². The van der Waals surface area contributed by atoms with Gasteiger partial charge in [0.15, 0.2) is 0 Å². The largest absolute Gasteiger partial charge is 0.384 e. The Bertz CT molecular complexity index is 1150. The highest BCUT2D eigenvalue weighted by Crippen LogP contribution is 2.37. The molecule has 1 spiro atoms. The smallest absolute Gasteiger partial charge is 0.255 e. The number of likely N-dealkylation sites (tertiary alicyclic amines) is 1. The number of carbonyl (C=O) groups is 1. The maximum atomic E-state index is 12.9. The highest BCUT2D eigenvalue weighted by Gasteiger charge is 2.49. The topological polar surface area (TPSA) is 97.0 Å². The Labute approximate surface area is 185 Å². The second kappa shape index (κ2) is 7.59. The Morgan fingerprint density at radius 3 is 2.55 bits per heavy atom. The molecule has 2 aliphatic heterocycles. The van der Waals surface area contributed by atoms with Crippen molar-refractivity contribution in [2.24, 2.45) is 5.41 Å². The summed E-state index contributed by atoms with van der Waals surface area (Å²) in [5.41, 5.74) is 10.8. The highest BCUT2D eigenvalue weighted by molar-refractivity contribution is 6.34. The van der Waals surface area contributed by atoms with E-state index in [4.69, 9.17) is 17.3 Å². The number of pyridine rings is 1. The van der Waals surface area contributed by atoms with Crippen molar-refractivity contribution >= 4 is 23.3 Å². The van der Waals surface area contributed by atoms with E-state index in [1.54, 1.807) is 24.7 Å². The van der Waals surface area contributed by atoms with Crippen molar-refractivity contribution in [2.75, 3.05) is 31.9 Å². The molecule has 3 N–H and O–H groups in total. The van der Waals surface area contributed by atoms with Crippen molar-refractivity contribution in [1.29, 1.82) is 0 Å². The van der Waals surface area contributed by atoms with Crippen LogP contribution in [-0.2, 0) is 6.42 Å². The van der Waals surface area contributed by atoms with Crippen LogP contribution in [0.15, 0.2) is 42.9 Å². The molecule has 0 bridgehead atoms. The lowest BCUT2D eigenvalue weighted by Gasteiger charge is -2.56. The minimum Gasteiger partial charge on any atom is -0.384 e. The number of hydrogen-bond acceptors (Lipinski definition) is 6. The first-order valence-electron chi connectivity index (χ1n) is 10.4. The number of anilines is 1. The Balaban J connectivity index is 1.49. The molecule has 0 unspecified atom stereocenters. The van der Waals surface area contributed by atoms with Crippen molar-refractivity contribution in [3.63, 3.8) is 0 Å². The second-order valence-electron chi connectivity index (χ2n) is 8.33. The van der Waals surface area contributed by atoms with E-state index in [9.17, 15) is 4.79 Å². The third-order valence-electron chi connectivity index (χ3n) is 6.15. The van der Waals surface area contributed by atoms with E-state index in [2.05, 4.69) is 20.3 Å². The number of nitrogens with zero attached hydrogens (tertiary/aromatic N) is 4. The summed E-state index contributed by atoms with van der Waals surface area (Å²) in [4.78, 5) is 28.0. The molecule has 1 aromatic carbocycles. The van der Waals surface area contributed by atoms with Gasteiger partial charge in [0, 0.05) is 54.5 Å². The Morgan fingerprint density at radius 2 is 1.94 bits per heavy atom. The number of aryl methyl sites for hydroxylation is 1. The van der Waals surface area contributed by atoms with E-state index >= 15 is 0 Å². The number of aromatic nitrogens is 3. The van der Waals surface area contributed by atoms with Crippen molar-refractivity contribution in [2.45, 2.75) is 13.3 Å². The number of halogens is 1. The van der Waals surface area contributed by atoms with Gasteiger partial charge in [0.25, 0.3) is 5.91 Å². The molecule has 4 heterocycles. The molecule has 0 radical (unpaired) electrons. The van der Waals surface area contributed by atoms with Crippen LogP contribution >= 0.6 is 11.6 Å². The lowest BCUT2D eigenvalue weighted by atomic mass is 9.74. The summed E-state index contributed by atoms with van der Waals surface area (Å²) in [6, 6.07) is 9.18. The van der Waals surface area contributed by atoms with Gasteiger partial charge in [0.2, 0.25) is 0 Å². The molecule has 31 heavy (non-hydrogen) atoms. The predicted molar refractivity (Wildman–Crippen MR) is 121 cm³/mol. The van der Waals surface area contributed by atoms with Gasteiger partial charge >= 0.3 is 0 Å². The summed E-state index contributed by atoms with van der Waals surface area (Å²) in [6.45, 7) is 5.60. The zero-order chi connectivity index (χ0) is 21.6.